The second-order valence-corrected chi connectivity index (χ2v) is 7.72. The number of alkyl halides is 2. The summed E-state index contributed by atoms with van der Waals surface area (Å²) in [5, 5.41) is 4.60. The fraction of sp³-hybridized carbons (Fsp3) is 0.227. The van der Waals surface area contributed by atoms with Crippen LogP contribution in [-0.4, -0.2) is 48.5 Å². The quantitative estimate of drug-likeness (QED) is 0.480. The number of carbonyl (C=O) groups excluding carboxylic acids is 1. The van der Waals surface area contributed by atoms with E-state index in [4.69, 9.17) is 0 Å². The van der Waals surface area contributed by atoms with Crippen molar-refractivity contribution in [2.45, 2.75) is 25.3 Å². The van der Waals surface area contributed by atoms with Crippen molar-refractivity contribution in [2.75, 3.05) is 7.05 Å². The van der Waals surface area contributed by atoms with E-state index in [1.165, 1.54) is 23.0 Å². The Bertz CT molecular complexity index is 1370. The maximum Gasteiger partial charge on any atom is 0.280 e. The zero-order valence-electron chi connectivity index (χ0n) is 16.9. The molecule has 1 aliphatic rings. The lowest BCUT2D eigenvalue weighted by Crippen LogP contribution is -2.42. The molecule has 0 N–H and O–H groups in total. The largest absolute Gasteiger partial charge is 0.338 e. The third-order valence-electron chi connectivity index (χ3n) is 5.63. The van der Waals surface area contributed by atoms with Gasteiger partial charge in [0.15, 0.2) is 0 Å². The van der Waals surface area contributed by atoms with Crippen molar-refractivity contribution in [2.24, 2.45) is 0 Å². The molecule has 0 radical (unpaired) electrons. The van der Waals surface area contributed by atoms with Gasteiger partial charge in [-0.25, -0.2) is 18.2 Å². The zero-order chi connectivity index (χ0) is 22.4. The fourth-order valence-corrected chi connectivity index (χ4v) is 3.82. The number of nitrogens with zero attached hydrogens (tertiary/aromatic N) is 6. The summed E-state index contributed by atoms with van der Waals surface area (Å²) in [6, 6.07) is 7.60. The first kappa shape index (κ1) is 20.1. The highest BCUT2D eigenvalue weighted by atomic mass is 19.3. The maximum atomic E-state index is 13.5. The Morgan fingerprint density at radius 3 is 2.81 bits per heavy atom. The normalized spacial score (nSPS) is 15.9. The Kier molecular flexibility index (Phi) is 4.84. The summed E-state index contributed by atoms with van der Waals surface area (Å²) in [6.45, 7) is 0. The lowest BCUT2D eigenvalue weighted by Gasteiger charge is -2.37. The summed E-state index contributed by atoms with van der Waals surface area (Å²) in [7, 11) is 1.72. The van der Waals surface area contributed by atoms with Gasteiger partial charge >= 0.3 is 0 Å². The van der Waals surface area contributed by atoms with E-state index in [-0.39, 0.29) is 23.4 Å². The molecule has 3 heterocycles. The number of hydrogen-bond donors (Lipinski definition) is 0. The van der Waals surface area contributed by atoms with Crippen molar-refractivity contribution in [3.63, 3.8) is 0 Å². The van der Waals surface area contributed by atoms with E-state index in [2.05, 4.69) is 20.1 Å². The van der Waals surface area contributed by atoms with Crippen LogP contribution in [0.1, 0.15) is 41.0 Å². The van der Waals surface area contributed by atoms with E-state index >= 15 is 0 Å². The van der Waals surface area contributed by atoms with Crippen molar-refractivity contribution in [1.29, 1.82) is 0 Å². The van der Waals surface area contributed by atoms with Gasteiger partial charge in [-0.2, -0.15) is 14.6 Å². The highest BCUT2D eigenvalue weighted by Gasteiger charge is 2.30. The lowest BCUT2D eigenvalue weighted by molar-refractivity contribution is 0.0699. The molecule has 1 saturated carbocycles. The van der Waals surface area contributed by atoms with Crippen LogP contribution < -0.4 is 0 Å². The van der Waals surface area contributed by atoms with Gasteiger partial charge < -0.3 is 4.90 Å². The minimum atomic E-state index is -2.71. The molecule has 32 heavy (non-hydrogen) atoms. The second-order valence-electron chi connectivity index (χ2n) is 7.72. The minimum Gasteiger partial charge on any atom is -0.338 e. The molecule has 7 nitrogen and oxygen atoms in total. The molecule has 0 atom stereocenters. The molecule has 1 aromatic carbocycles. The first-order valence-electron chi connectivity index (χ1n) is 9.90. The van der Waals surface area contributed by atoms with E-state index < -0.39 is 12.2 Å². The van der Waals surface area contributed by atoms with Crippen molar-refractivity contribution < 1.29 is 18.0 Å². The summed E-state index contributed by atoms with van der Waals surface area (Å²) in [5.41, 5.74) is 2.17. The Hall–Kier alpha value is -3.82. The molecular formula is C22H17F3N6O. The average Bonchev–Trinajstić information content (AvgIpc) is 3.23. The van der Waals surface area contributed by atoms with Gasteiger partial charge in [-0.15, -0.1) is 0 Å². The first-order valence-corrected chi connectivity index (χ1v) is 9.90. The number of carbonyl (C=O) groups is 1. The molecule has 1 fully saturated rings. The Morgan fingerprint density at radius 2 is 2.03 bits per heavy atom. The third kappa shape index (κ3) is 3.57. The topological polar surface area (TPSA) is 76.3 Å². The fourth-order valence-electron chi connectivity index (χ4n) is 3.82. The van der Waals surface area contributed by atoms with Crippen molar-refractivity contribution in [1.82, 2.24) is 29.5 Å². The number of benzene rings is 1. The molecule has 0 bridgehead atoms. The standard InChI is InChI=1S/C22H17F3N6O/c1-30(21(32)13-2-3-18-14(7-13)8-15(23)10-26-18)16-4-12(5-16)6-17-9-19(20(24)25)29-22-27-11-28-31(17)22/h2-3,6-11,16,20H,4-5H2,1H3. The van der Waals surface area contributed by atoms with Crippen LogP contribution in [-0.2, 0) is 0 Å². The highest BCUT2D eigenvalue weighted by molar-refractivity contribution is 5.98. The van der Waals surface area contributed by atoms with E-state index in [1.807, 2.05) is 0 Å². The van der Waals surface area contributed by atoms with Crippen LogP contribution in [0.25, 0.3) is 22.8 Å². The molecule has 1 amide bonds. The van der Waals surface area contributed by atoms with Crippen LogP contribution in [0.15, 0.2) is 48.4 Å². The van der Waals surface area contributed by atoms with Gasteiger partial charge in [-0.3, -0.25) is 9.78 Å². The third-order valence-corrected chi connectivity index (χ3v) is 5.63. The van der Waals surface area contributed by atoms with Gasteiger partial charge in [0, 0.05) is 24.0 Å². The van der Waals surface area contributed by atoms with Crippen molar-refractivity contribution >= 4 is 28.7 Å². The molecule has 162 valence electrons. The SMILES string of the molecule is CN(C(=O)c1ccc2ncc(F)cc2c1)C1CC(=Cc2cc(C(F)F)nc3ncnn23)C1. The minimum absolute atomic E-state index is 0.0299. The average molecular weight is 438 g/mol. The smallest absolute Gasteiger partial charge is 0.280 e. The van der Waals surface area contributed by atoms with E-state index in [9.17, 15) is 18.0 Å². The molecule has 0 spiro atoms. The van der Waals surface area contributed by atoms with E-state index in [0.717, 1.165) is 11.8 Å². The van der Waals surface area contributed by atoms with Gasteiger partial charge in [-0.05, 0) is 49.2 Å². The number of fused-ring (bicyclic) bond motifs is 2. The monoisotopic (exact) mass is 438 g/mol. The summed E-state index contributed by atoms with van der Waals surface area (Å²) in [5.74, 6) is -0.528. The van der Waals surface area contributed by atoms with Crippen LogP contribution in [0.2, 0.25) is 0 Å². The number of rotatable bonds is 4. The van der Waals surface area contributed by atoms with E-state index in [1.54, 1.807) is 36.2 Å². The summed E-state index contributed by atoms with van der Waals surface area (Å²) in [6.07, 6.45) is 2.69. The predicted molar refractivity (Wildman–Crippen MR) is 111 cm³/mol. The van der Waals surface area contributed by atoms with Crippen LogP contribution in [0.4, 0.5) is 13.2 Å². The summed E-state index contributed by atoms with van der Waals surface area (Å²) >= 11 is 0. The molecule has 0 saturated heterocycles. The Morgan fingerprint density at radius 1 is 1.22 bits per heavy atom. The molecule has 0 aliphatic heterocycles. The van der Waals surface area contributed by atoms with Gasteiger partial charge in [-0.1, -0.05) is 5.57 Å². The van der Waals surface area contributed by atoms with Crippen LogP contribution >= 0.6 is 0 Å². The van der Waals surface area contributed by atoms with Gasteiger partial charge in [0.25, 0.3) is 18.1 Å². The predicted octanol–water partition coefficient (Wildman–Crippen LogP) is 4.07. The van der Waals surface area contributed by atoms with Crippen LogP contribution in [0.5, 0.6) is 0 Å². The van der Waals surface area contributed by atoms with Gasteiger partial charge in [0.2, 0.25) is 0 Å². The molecule has 5 rings (SSSR count). The molecular weight excluding hydrogens is 421 g/mol. The number of hydrogen-bond acceptors (Lipinski definition) is 5. The Balaban J connectivity index is 1.33. The summed E-state index contributed by atoms with van der Waals surface area (Å²) in [4.78, 5) is 26.3. The Labute approximate surface area is 180 Å². The molecule has 3 aromatic heterocycles. The highest BCUT2D eigenvalue weighted by Crippen LogP contribution is 2.33. The second kappa shape index (κ2) is 7.70. The van der Waals surface area contributed by atoms with Gasteiger partial charge in [0.05, 0.1) is 17.4 Å². The number of aromatic nitrogens is 5. The van der Waals surface area contributed by atoms with Crippen molar-refractivity contribution in [3.05, 3.63) is 71.2 Å². The lowest BCUT2D eigenvalue weighted by atomic mass is 9.84. The van der Waals surface area contributed by atoms with Crippen LogP contribution in [0, 0.1) is 5.82 Å². The summed E-state index contributed by atoms with van der Waals surface area (Å²) < 4.78 is 41.2. The number of pyridine rings is 1. The van der Waals surface area contributed by atoms with Gasteiger partial charge in [0.1, 0.15) is 17.8 Å². The molecule has 1 aliphatic carbocycles. The van der Waals surface area contributed by atoms with E-state index in [0.29, 0.717) is 35.0 Å². The number of amides is 1. The molecule has 4 aromatic rings. The first-order chi connectivity index (χ1) is 15.4. The molecule has 10 heteroatoms. The van der Waals surface area contributed by atoms with Crippen LogP contribution in [0.3, 0.4) is 0 Å². The molecule has 0 unspecified atom stereocenters. The number of halogens is 3. The van der Waals surface area contributed by atoms with Crippen molar-refractivity contribution in [3.8, 4) is 0 Å². The zero-order valence-corrected chi connectivity index (χ0v) is 16.9. The maximum absolute atomic E-state index is 13.5.